The van der Waals surface area contributed by atoms with E-state index in [1.165, 1.54) is 68.8 Å². The van der Waals surface area contributed by atoms with Crippen molar-refractivity contribution in [1.82, 2.24) is 0 Å². The lowest BCUT2D eigenvalue weighted by atomic mass is 10.3. The van der Waals surface area contributed by atoms with E-state index in [4.69, 9.17) is 9.47 Å². The summed E-state index contributed by atoms with van der Waals surface area (Å²) in [5, 5.41) is 10.9. The SMILES string of the molecule is COc1ccc(NS(=O)(=O)c2ccc(NS(=O)(=O)c3cccc([N+](=O)[O-])c3)cc2)c(OC)c1. The molecule has 3 rings (SSSR count). The maximum atomic E-state index is 12.7. The van der Waals surface area contributed by atoms with E-state index in [2.05, 4.69) is 9.44 Å². The zero-order valence-electron chi connectivity index (χ0n) is 17.4. The van der Waals surface area contributed by atoms with Gasteiger partial charge in [0, 0.05) is 23.9 Å². The third kappa shape index (κ3) is 5.51. The van der Waals surface area contributed by atoms with Crippen molar-refractivity contribution in [1.29, 1.82) is 0 Å². The van der Waals surface area contributed by atoms with Crippen molar-refractivity contribution in [3.05, 3.63) is 76.8 Å². The van der Waals surface area contributed by atoms with Gasteiger partial charge in [0.05, 0.1) is 34.6 Å². The number of ether oxygens (including phenoxy) is 2. The van der Waals surface area contributed by atoms with E-state index in [0.717, 1.165) is 6.07 Å². The van der Waals surface area contributed by atoms with E-state index in [9.17, 15) is 26.9 Å². The standard InChI is InChI=1S/C20H19N3O8S2/c1-30-16-8-11-19(20(13-16)31-2)22-32(26,27)17-9-6-14(7-10-17)21-33(28,29)18-5-3-4-15(12-18)23(24)25/h3-13,21-22H,1-2H3. The Morgan fingerprint density at radius 1 is 0.788 bits per heavy atom. The number of sulfonamides is 2. The van der Waals surface area contributed by atoms with Crippen molar-refractivity contribution < 1.29 is 31.2 Å². The minimum absolute atomic E-state index is 0.0717. The molecule has 33 heavy (non-hydrogen) atoms. The van der Waals surface area contributed by atoms with Gasteiger partial charge in [-0.15, -0.1) is 0 Å². The molecule has 0 radical (unpaired) electrons. The lowest BCUT2D eigenvalue weighted by Crippen LogP contribution is -2.15. The molecule has 0 aliphatic carbocycles. The van der Waals surface area contributed by atoms with Crippen LogP contribution in [0.4, 0.5) is 17.1 Å². The normalized spacial score (nSPS) is 11.5. The molecule has 0 amide bonds. The largest absolute Gasteiger partial charge is 0.497 e. The van der Waals surface area contributed by atoms with Gasteiger partial charge in [-0.2, -0.15) is 0 Å². The summed E-state index contributed by atoms with van der Waals surface area (Å²) in [5.74, 6) is 0.731. The van der Waals surface area contributed by atoms with E-state index < -0.39 is 25.0 Å². The van der Waals surface area contributed by atoms with Crippen LogP contribution in [0.25, 0.3) is 0 Å². The van der Waals surface area contributed by atoms with Gasteiger partial charge < -0.3 is 9.47 Å². The molecule has 0 aliphatic rings. The fourth-order valence-electron chi connectivity index (χ4n) is 2.77. The average Bonchev–Trinajstić information content (AvgIpc) is 2.79. The highest BCUT2D eigenvalue weighted by molar-refractivity contribution is 7.93. The number of hydrogen-bond donors (Lipinski definition) is 2. The molecule has 0 aromatic heterocycles. The summed E-state index contributed by atoms with van der Waals surface area (Å²) in [6.45, 7) is 0. The molecule has 174 valence electrons. The number of nitrogens with one attached hydrogen (secondary N) is 2. The van der Waals surface area contributed by atoms with Crippen LogP contribution in [0.15, 0.2) is 76.5 Å². The fourth-order valence-corrected chi connectivity index (χ4v) is 4.94. The molecule has 2 N–H and O–H groups in total. The number of methoxy groups -OCH3 is 2. The van der Waals surface area contributed by atoms with Gasteiger partial charge in [-0.1, -0.05) is 6.07 Å². The summed E-state index contributed by atoms with van der Waals surface area (Å²) in [7, 11) is -5.30. The van der Waals surface area contributed by atoms with Crippen molar-refractivity contribution in [2.75, 3.05) is 23.7 Å². The number of anilines is 2. The van der Waals surface area contributed by atoms with Crippen LogP contribution in [0.3, 0.4) is 0 Å². The lowest BCUT2D eigenvalue weighted by molar-refractivity contribution is -0.385. The Kier molecular flexibility index (Phi) is 6.74. The first-order valence-electron chi connectivity index (χ1n) is 9.18. The summed E-state index contributed by atoms with van der Waals surface area (Å²) in [4.78, 5) is 9.75. The highest BCUT2D eigenvalue weighted by Gasteiger charge is 2.20. The second-order valence-electron chi connectivity index (χ2n) is 6.56. The van der Waals surface area contributed by atoms with Crippen LogP contribution < -0.4 is 18.9 Å². The molecule has 0 spiro atoms. The summed E-state index contributed by atoms with van der Waals surface area (Å²) >= 11 is 0. The molecule has 3 aromatic rings. The molecule has 0 saturated carbocycles. The van der Waals surface area contributed by atoms with E-state index >= 15 is 0 Å². The number of rotatable bonds is 9. The Hall–Kier alpha value is -3.84. The molecule has 0 bridgehead atoms. The predicted molar refractivity (Wildman–Crippen MR) is 121 cm³/mol. The number of nitro groups is 1. The maximum Gasteiger partial charge on any atom is 0.270 e. The molecule has 0 fully saturated rings. The van der Waals surface area contributed by atoms with E-state index in [1.54, 1.807) is 6.07 Å². The van der Waals surface area contributed by atoms with Gasteiger partial charge in [-0.3, -0.25) is 19.6 Å². The second kappa shape index (κ2) is 9.34. The van der Waals surface area contributed by atoms with Crippen molar-refractivity contribution >= 4 is 37.1 Å². The molecule has 0 saturated heterocycles. The Balaban J connectivity index is 1.81. The molecule has 0 unspecified atom stereocenters. The monoisotopic (exact) mass is 493 g/mol. The lowest BCUT2D eigenvalue weighted by Gasteiger charge is -2.13. The first-order chi connectivity index (χ1) is 15.6. The zero-order valence-corrected chi connectivity index (χ0v) is 19.0. The van der Waals surface area contributed by atoms with Crippen molar-refractivity contribution in [2.45, 2.75) is 9.79 Å². The number of nitro benzene ring substituents is 1. The third-order valence-corrected chi connectivity index (χ3v) is 7.17. The van der Waals surface area contributed by atoms with Gasteiger partial charge in [-0.25, -0.2) is 16.8 Å². The van der Waals surface area contributed by atoms with Crippen molar-refractivity contribution in [3.8, 4) is 11.5 Å². The predicted octanol–water partition coefficient (Wildman–Crippen LogP) is 3.21. The van der Waals surface area contributed by atoms with Crippen LogP contribution in [-0.4, -0.2) is 36.0 Å². The molecule has 13 heteroatoms. The zero-order chi connectivity index (χ0) is 24.2. The number of nitrogens with zero attached hydrogens (tertiary/aromatic N) is 1. The molecular formula is C20H19N3O8S2. The van der Waals surface area contributed by atoms with Crippen LogP contribution in [0.1, 0.15) is 0 Å². The summed E-state index contributed by atoms with van der Waals surface area (Å²) in [6, 6.07) is 14.1. The molecule has 11 nitrogen and oxygen atoms in total. The quantitative estimate of drug-likeness (QED) is 0.340. The molecule has 0 atom stereocenters. The number of non-ortho nitro benzene ring substituents is 1. The Morgan fingerprint density at radius 3 is 2.06 bits per heavy atom. The molecule has 3 aromatic carbocycles. The van der Waals surface area contributed by atoms with Gasteiger partial charge in [0.25, 0.3) is 25.7 Å². The van der Waals surface area contributed by atoms with Gasteiger partial charge in [0.2, 0.25) is 0 Å². The van der Waals surface area contributed by atoms with Crippen molar-refractivity contribution in [2.24, 2.45) is 0 Å². The van der Waals surface area contributed by atoms with E-state index in [0.29, 0.717) is 5.75 Å². The summed E-state index contributed by atoms with van der Waals surface area (Å²) in [6.07, 6.45) is 0. The van der Waals surface area contributed by atoms with E-state index in [-0.39, 0.29) is 32.6 Å². The first kappa shape index (κ1) is 23.8. The van der Waals surface area contributed by atoms with Crippen LogP contribution in [-0.2, 0) is 20.0 Å². The molecular weight excluding hydrogens is 474 g/mol. The van der Waals surface area contributed by atoms with Crippen LogP contribution in [0, 0.1) is 10.1 Å². The third-order valence-electron chi connectivity index (χ3n) is 4.41. The van der Waals surface area contributed by atoms with Gasteiger partial charge >= 0.3 is 0 Å². The Morgan fingerprint density at radius 2 is 1.45 bits per heavy atom. The van der Waals surface area contributed by atoms with Gasteiger partial charge in [0.15, 0.2) is 0 Å². The topological polar surface area (TPSA) is 154 Å². The smallest absolute Gasteiger partial charge is 0.270 e. The molecule has 0 aliphatic heterocycles. The fraction of sp³-hybridized carbons (Fsp3) is 0.100. The van der Waals surface area contributed by atoms with Crippen LogP contribution >= 0.6 is 0 Å². The summed E-state index contributed by atoms with van der Waals surface area (Å²) in [5.41, 5.74) is -0.115. The second-order valence-corrected chi connectivity index (χ2v) is 9.92. The highest BCUT2D eigenvalue weighted by atomic mass is 32.2. The average molecular weight is 494 g/mol. The Bertz CT molecular complexity index is 1390. The highest BCUT2D eigenvalue weighted by Crippen LogP contribution is 2.31. The minimum Gasteiger partial charge on any atom is -0.497 e. The number of benzene rings is 3. The minimum atomic E-state index is -4.13. The van der Waals surface area contributed by atoms with Crippen LogP contribution in [0.2, 0.25) is 0 Å². The van der Waals surface area contributed by atoms with E-state index in [1.807, 2.05) is 0 Å². The summed E-state index contributed by atoms with van der Waals surface area (Å²) < 4.78 is 65.5. The first-order valence-corrected chi connectivity index (χ1v) is 12.1. The molecule has 0 heterocycles. The maximum absolute atomic E-state index is 12.7. The number of hydrogen-bond acceptors (Lipinski definition) is 8. The van der Waals surface area contributed by atoms with Gasteiger partial charge in [-0.05, 0) is 42.5 Å². The van der Waals surface area contributed by atoms with Gasteiger partial charge in [0.1, 0.15) is 11.5 Å². The van der Waals surface area contributed by atoms with Crippen molar-refractivity contribution in [3.63, 3.8) is 0 Å². The Labute approximate surface area is 190 Å². The van der Waals surface area contributed by atoms with Crippen LogP contribution in [0.5, 0.6) is 11.5 Å².